The Bertz CT molecular complexity index is 1390. The summed E-state index contributed by atoms with van der Waals surface area (Å²) in [6.45, 7) is 8.90. The van der Waals surface area contributed by atoms with E-state index in [4.69, 9.17) is 14.2 Å². The van der Waals surface area contributed by atoms with E-state index in [0.29, 0.717) is 40.6 Å². The Kier molecular flexibility index (Phi) is 10.4. The number of benzene rings is 3. The molecule has 8 nitrogen and oxygen atoms in total. The fourth-order valence-electron chi connectivity index (χ4n) is 3.67. The van der Waals surface area contributed by atoms with Gasteiger partial charge in [-0.2, -0.15) is 15.5 Å². The molecule has 0 fully saturated rings. The monoisotopic (exact) mass is 524 g/mol. The lowest BCUT2D eigenvalue weighted by Gasteiger charge is -2.22. The van der Waals surface area contributed by atoms with Gasteiger partial charge in [-0.05, 0) is 85.6 Å². The maximum absolute atomic E-state index is 11.6. The van der Waals surface area contributed by atoms with Crippen LogP contribution in [0.15, 0.2) is 89.1 Å². The molecule has 8 heteroatoms. The molecule has 0 unspecified atom stereocenters. The van der Waals surface area contributed by atoms with Gasteiger partial charge in [-0.25, -0.2) is 4.79 Å². The highest BCUT2D eigenvalue weighted by Gasteiger charge is 2.09. The topological polar surface area (TPSA) is 96.5 Å². The molecule has 0 aromatic heterocycles. The van der Waals surface area contributed by atoms with Crippen LogP contribution in [0.25, 0.3) is 11.6 Å². The van der Waals surface area contributed by atoms with Crippen LogP contribution in [0, 0.1) is 11.3 Å². The van der Waals surface area contributed by atoms with Crippen molar-refractivity contribution in [3.63, 3.8) is 0 Å². The number of allylic oxidation sites excluding steroid dienone is 1. The predicted octanol–water partition coefficient (Wildman–Crippen LogP) is 7.13. The molecule has 0 atom stereocenters. The molecular formula is C31H32N4O4. The minimum atomic E-state index is -0.380. The zero-order valence-electron chi connectivity index (χ0n) is 22.7. The standard InChI is InChI=1S/C31H32N4O4/c1-6-35(17-18-39-31(36)22(2)3)28-14-12-27(13-15-28)34-33-26-10-7-23(8-11-26)19-25(21-32)24-9-16-29(37-4)30(20-24)38-5/h7-16,19-20H,2,6,17-18H2,1,3-5H3/b25-19+,34-33?. The van der Waals surface area contributed by atoms with Crippen molar-refractivity contribution in [1.29, 1.82) is 5.26 Å². The molecule has 0 heterocycles. The highest BCUT2D eigenvalue weighted by molar-refractivity contribution is 5.90. The minimum absolute atomic E-state index is 0.288. The molecule has 0 aliphatic heterocycles. The van der Waals surface area contributed by atoms with E-state index in [2.05, 4.69) is 27.8 Å². The smallest absolute Gasteiger partial charge is 0.333 e. The van der Waals surface area contributed by atoms with E-state index in [9.17, 15) is 10.1 Å². The van der Waals surface area contributed by atoms with Crippen molar-refractivity contribution in [3.05, 3.63) is 90.0 Å². The van der Waals surface area contributed by atoms with E-state index >= 15 is 0 Å². The van der Waals surface area contributed by atoms with Crippen molar-refractivity contribution in [2.24, 2.45) is 10.2 Å². The van der Waals surface area contributed by atoms with Gasteiger partial charge in [0.05, 0.1) is 43.8 Å². The maximum atomic E-state index is 11.6. The van der Waals surface area contributed by atoms with Crippen molar-refractivity contribution in [2.45, 2.75) is 13.8 Å². The number of nitrogens with zero attached hydrogens (tertiary/aromatic N) is 4. The van der Waals surface area contributed by atoms with Gasteiger partial charge in [0.25, 0.3) is 0 Å². The summed E-state index contributed by atoms with van der Waals surface area (Å²) in [5.41, 5.74) is 4.89. The van der Waals surface area contributed by atoms with Crippen LogP contribution in [0.2, 0.25) is 0 Å². The summed E-state index contributed by atoms with van der Waals surface area (Å²) in [7, 11) is 3.13. The second kappa shape index (κ2) is 14.1. The SMILES string of the molecule is C=C(C)C(=O)OCCN(CC)c1ccc(N=Nc2ccc(/C=C(\C#N)c3ccc(OC)c(OC)c3)cc2)cc1. The molecule has 0 saturated carbocycles. The van der Waals surface area contributed by atoms with Crippen molar-refractivity contribution in [1.82, 2.24) is 0 Å². The van der Waals surface area contributed by atoms with E-state index in [1.165, 1.54) is 0 Å². The molecule has 0 saturated heterocycles. The largest absolute Gasteiger partial charge is 0.493 e. The summed E-state index contributed by atoms with van der Waals surface area (Å²) in [5, 5.41) is 18.4. The first-order chi connectivity index (χ1) is 18.9. The number of nitriles is 1. The lowest BCUT2D eigenvalue weighted by atomic mass is 10.0. The van der Waals surface area contributed by atoms with Gasteiger partial charge in [0.2, 0.25) is 0 Å². The number of ether oxygens (including phenoxy) is 3. The maximum Gasteiger partial charge on any atom is 0.333 e. The van der Waals surface area contributed by atoms with Gasteiger partial charge < -0.3 is 19.1 Å². The summed E-state index contributed by atoms with van der Waals surface area (Å²) in [4.78, 5) is 13.7. The Morgan fingerprint density at radius 1 is 0.974 bits per heavy atom. The molecule has 200 valence electrons. The Morgan fingerprint density at radius 2 is 1.59 bits per heavy atom. The summed E-state index contributed by atoms with van der Waals surface area (Å²) < 4.78 is 15.8. The molecule has 0 amide bonds. The Hall–Kier alpha value is -4.90. The number of azo groups is 1. The van der Waals surface area contributed by atoms with Crippen molar-refractivity contribution >= 4 is 34.7 Å². The second-order valence-electron chi connectivity index (χ2n) is 8.54. The fourth-order valence-corrected chi connectivity index (χ4v) is 3.67. The van der Waals surface area contributed by atoms with Crippen LogP contribution in [0.5, 0.6) is 11.5 Å². The zero-order valence-corrected chi connectivity index (χ0v) is 22.7. The molecular weight excluding hydrogens is 492 g/mol. The second-order valence-corrected chi connectivity index (χ2v) is 8.54. The van der Waals surface area contributed by atoms with Gasteiger partial charge in [0.1, 0.15) is 6.61 Å². The Balaban J connectivity index is 1.64. The van der Waals surface area contributed by atoms with E-state index in [1.54, 1.807) is 39.4 Å². The van der Waals surface area contributed by atoms with Crippen LogP contribution in [0.4, 0.5) is 17.1 Å². The molecule has 39 heavy (non-hydrogen) atoms. The number of hydrogen-bond donors (Lipinski definition) is 0. The van der Waals surface area contributed by atoms with Crippen molar-refractivity contribution < 1.29 is 19.0 Å². The predicted molar refractivity (Wildman–Crippen MR) is 154 cm³/mol. The molecule has 3 aromatic carbocycles. The summed E-state index contributed by atoms with van der Waals surface area (Å²) in [6.07, 6.45) is 1.81. The fraction of sp³-hybridized carbons (Fsp3) is 0.226. The van der Waals surface area contributed by atoms with Crippen LogP contribution in [0.1, 0.15) is 25.0 Å². The highest BCUT2D eigenvalue weighted by atomic mass is 16.5. The average Bonchev–Trinajstić information content (AvgIpc) is 2.97. The lowest BCUT2D eigenvalue weighted by molar-refractivity contribution is -0.138. The first kappa shape index (κ1) is 28.7. The summed E-state index contributed by atoms with van der Waals surface area (Å²) >= 11 is 0. The van der Waals surface area contributed by atoms with Crippen LogP contribution < -0.4 is 14.4 Å². The molecule has 3 rings (SSSR count). The first-order valence-corrected chi connectivity index (χ1v) is 12.4. The third-order valence-corrected chi connectivity index (χ3v) is 5.84. The minimum Gasteiger partial charge on any atom is -0.493 e. The van der Waals surface area contributed by atoms with Crippen molar-refractivity contribution in [2.75, 3.05) is 38.8 Å². The molecule has 0 aliphatic carbocycles. The highest BCUT2D eigenvalue weighted by Crippen LogP contribution is 2.31. The Morgan fingerprint density at radius 3 is 2.13 bits per heavy atom. The first-order valence-electron chi connectivity index (χ1n) is 12.4. The number of rotatable bonds is 12. The molecule has 3 aromatic rings. The van der Waals surface area contributed by atoms with Gasteiger partial charge in [0, 0.05) is 17.8 Å². The van der Waals surface area contributed by atoms with Crippen LogP contribution >= 0.6 is 0 Å². The zero-order chi connectivity index (χ0) is 28.2. The number of hydrogen-bond acceptors (Lipinski definition) is 8. The van der Waals surface area contributed by atoms with E-state index in [0.717, 1.165) is 23.4 Å². The quantitative estimate of drug-likeness (QED) is 0.0822. The molecule has 0 radical (unpaired) electrons. The number of likely N-dealkylation sites (N-methyl/N-ethyl adjacent to an activating group) is 1. The molecule has 0 spiro atoms. The van der Waals surface area contributed by atoms with Crippen LogP contribution in [-0.2, 0) is 9.53 Å². The van der Waals surface area contributed by atoms with E-state index in [1.807, 2.05) is 61.5 Å². The number of esters is 1. The van der Waals surface area contributed by atoms with Gasteiger partial charge in [-0.15, -0.1) is 0 Å². The van der Waals surface area contributed by atoms with Gasteiger partial charge in [0.15, 0.2) is 11.5 Å². The molecule has 0 N–H and O–H groups in total. The van der Waals surface area contributed by atoms with Crippen LogP contribution in [0.3, 0.4) is 0 Å². The number of carbonyl (C=O) groups is 1. The lowest BCUT2D eigenvalue weighted by Crippen LogP contribution is -2.28. The van der Waals surface area contributed by atoms with E-state index in [-0.39, 0.29) is 12.6 Å². The normalized spacial score (nSPS) is 11.1. The summed E-state index contributed by atoms with van der Waals surface area (Å²) in [6, 6.07) is 22.8. The average molecular weight is 525 g/mol. The van der Waals surface area contributed by atoms with Gasteiger partial charge in [-0.1, -0.05) is 18.7 Å². The van der Waals surface area contributed by atoms with Crippen LogP contribution in [-0.4, -0.2) is 39.9 Å². The number of carbonyl (C=O) groups excluding carboxylic acids is 1. The summed E-state index contributed by atoms with van der Waals surface area (Å²) in [5.74, 6) is 0.785. The third kappa shape index (κ3) is 8.04. The molecule has 0 aliphatic rings. The van der Waals surface area contributed by atoms with Gasteiger partial charge >= 0.3 is 5.97 Å². The van der Waals surface area contributed by atoms with Gasteiger partial charge in [-0.3, -0.25) is 0 Å². The molecule has 0 bridgehead atoms. The third-order valence-electron chi connectivity index (χ3n) is 5.84. The van der Waals surface area contributed by atoms with E-state index < -0.39 is 0 Å². The Labute approximate surface area is 229 Å². The number of anilines is 1. The van der Waals surface area contributed by atoms with Crippen molar-refractivity contribution in [3.8, 4) is 17.6 Å². The number of methoxy groups -OCH3 is 2.